The average Bonchev–Trinajstić information content (AvgIpc) is 2.61. The van der Waals surface area contributed by atoms with Crippen molar-refractivity contribution in [3.63, 3.8) is 0 Å². The molecule has 1 aliphatic heterocycles. The number of carbonyl (C=O) groups excluding carboxylic acids is 2. The molecule has 3 N–H and O–H groups in total. The number of carboxylic acid groups (broad SMARTS) is 1. The van der Waals surface area contributed by atoms with E-state index >= 15 is 0 Å². The van der Waals surface area contributed by atoms with Crippen molar-refractivity contribution in [2.75, 3.05) is 0 Å². The standard InChI is InChI=1S/C10H10N2O4/c13-6-10(12-8(16)11-6)3-1-4-5(10)9(4,2-3)7(14)15/h3-5H,1-2H2,(H,14,15)(H2,11,12,13,16)/t3-,4-,5+,9-,10?/m1/s1. The predicted octanol–water partition coefficient (Wildman–Crippen LogP) is -0.695. The van der Waals surface area contributed by atoms with Crippen LogP contribution in [-0.2, 0) is 9.59 Å². The van der Waals surface area contributed by atoms with Gasteiger partial charge in [-0.15, -0.1) is 0 Å². The van der Waals surface area contributed by atoms with Gasteiger partial charge in [0.05, 0.1) is 5.41 Å². The summed E-state index contributed by atoms with van der Waals surface area (Å²) < 4.78 is 0. The van der Waals surface area contributed by atoms with E-state index in [0.717, 1.165) is 6.42 Å². The minimum absolute atomic E-state index is 0.00468. The Balaban J connectivity index is 1.84. The third-order valence-corrected chi connectivity index (χ3v) is 5.09. The zero-order valence-electron chi connectivity index (χ0n) is 8.32. The molecule has 84 valence electrons. The Labute approximate surface area is 90.4 Å². The number of nitrogens with one attached hydrogen (secondary N) is 2. The van der Waals surface area contributed by atoms with Crippen molar-refractivity contribution in [3.8, 4) is 0 Å². The molecule has 0 aromatic rings. The smallest absolute Gasteiger partial charge is 0.322 e. The molecule has 0 aromatic carbocycles. The number of hydrogen-bond donors (Lipinski definition) is 3. The summed E-state index contributed by atoms with van der Waals surface area (Å²) in [7, 11) is 0. The van der Waals surface area contributed by atoms with Crippen LogP contribution in [0.4, 0.5) is 4.79 Å². The van der Waals surface area contributed by atoms with Gasteiger partial charge in [0, 0.05) is 5.92 Å². The highest BCUT2D eigenvalue weighted by molar-refractivity contribution is 6.09. The van der Waals surface area contributed by atoms with Crippen molar-refractivity contribution in [1.82, 2.24) is 10.6 Å². The Hall–Kier alpha value is -1.59. The normalized spacial score (nSPS) is 55.4. The SMILES string of the molecule is O=C1NC(=O)C2(N1)[C@@H]1C[C@@H]3[C@H]2[C@@]3(C(=O)O)C1. The molecule has 4 saturated carbocycles. The first-order valence-corrected chi connectivity index (χ1v) is 5.40. The summed E-state index contributed by atoms with van der Waals surface area (Å²) in [5.74, 6) is -1.23. The lowest BCUT2D eigenvalue weighted by Gasteiger charge is -2.24. The van der Waals surface area contributed by atoms with Crippen LogP contribution >= 0.6 is 0 Å². The summed E-state index contributed by atoms with van der Waals surface area (Å²) in [5.41, 5.74) is -1.63. The highest BCUT2D eigenvalue weighted by Crippen LogP contribution is 2.82. The summed E-state index contributed by atoms with van der Waals surface area (Å²) in [5, 5.41) is 14.2. The Morgan fingerprint density at radius 2 is 2.19 bits per heavy atom. The number of carboxylic acids is 1. The molecule has 1 spiro atoms. The molecule has 16 heavy (non-hydrogen) atoms. The highest BCUT2D eigenvalue weighted by atomic mass is 16.4. The molecule has 0 radical (unpaired) electrons. The molecule has 6 heteroatoms. The number of rotatable bonds is 1. The van der Waals surface area contributed by atoms with Crippen molar-refractivity contribution < 1.29 is 19.5 Å². The molecule has 0 aromatic heterocycles. The minimum Gasteiger partial charge on any atom is -0.481 e. The molecular weight excluding hydrogens is 212 g/mol. The number of imide groups is 1. The molecule has 6 nitrogen and oxygen atoms in total. The molecule has 5 fully saturated rings. The Kier molecular flexibility index (Phi) is 1.05. The molecule has 4 bridgehead atoms. The van der Waals surface area contributed by atoms with Gasteiger partial charge in [-0.1, -0.05) is 0 Å². The van der Waals surface area contributed by atoms with E-state index in [1.54, 1.807) is 0 Å². The first-order valence-electron chi connectivity index (χ1n) is 5.40. The topological polar surface area (TPSA) is 95.5 Å². The second-order valence-electron chi connectivity index (χ2n) is 5.34. The molecule has 1 unspecified atom stereocenters. The molecule has 1 saturated heterocycles. The van der Waals surface area contributed by atoms with Crippen LogP contribution in [0, 0.1) is 23.2 Å². The Morgan fingerprint density at radius 1 is 1.44 bits per heavy atom. The van der Waals surface area contributed by atoms with Gasteiger partial charge < -0.3 is 10.4 Å². The second-order valence-corrected chi connectivity index (χ2v) is 5.34. The first-order chi connectivity index (χ1) is 7.53. The molecule has 4 aliphatic carbocycles. The van der Waals surface area contributed by atoms with Gasteiger partial charge in [-0.05, 0) is 24.7 Å². The van der Waals surface area contributed by atoms with Crippen molar-refractivity contribution in [1.29, 1.82) is 0 Å². The van der Waals surface area contributed by atoms with E-state index in [1.807, 2.05) is 0 Å². The van der Waals surface area contributed by atoms with Crippen molar-refractivity contribution in [3.05, 3.63) is 0 Å². The van der Waals surface area contributed by atoms with Crippen LogP contribution in [0.2, 0.25) is 0 Å². The van der Waals surface area contributed by atoms with E-state index < -0.39 is 23.0 Å². The van der Waals surface area contributed by atoms with Gasteiger partial charge >= 0.3 is 12.0 Å². The van der Waals surface area contributed by atoms with E-state index in [4.69, 9.17) is 0 Å². The minimum atomic E-state index is -0.903. The number of urea groups is 1. The van der Waals surface area contributed by atoms with Gasteiger partial charge in [-0.25, -0.2) is 4.79 Å². The maximum atomic E-state index is 11.9. The van der Waals surface area contributed by atoms with E-state index in [2.05, 4.69) is 10.6 Å². The van der Waals surface area contributed by atoms with Crippen LogP contribution in [0.15, 0.2) is 0 Å². The van der Waals surface area contributed by atoms with Crippen LogP contribution < -0.4 is 10.6 Å². The predicted molar refractivity (Wildman–Crippen MR) is 49.2 cm³/mol. The Bertz CT molecular complexity index is 475. The second kappa shape index (κ2) is 1.97. The lowest BCUT2D eigenvalue weighted by molar-refractivity contribution is -0.143. The zero-order valence-corrected chi connectivity index (χ0v) is 8.32. The van der Waals surface area contributed by atoms with E-state index in [9.17, 15) is 19.5 Å². The van der Waals surface area contributed by atoms with Gasteiger partial charge in [0.2, 0.25) is 0 Å². The third kappa shape index (κ3) is 0.546. The van der Waals surface area contributed by atoms with E-state index in [-0.39, 0.29) is 23.7 Å². The summed E-state index contributed by atoms with van der Waals surface area (Å²) >= 11 is 0. The van der Waals surface area contributed by atoms with Crippen molar-refractivity contribution in [2.24, 2.45) is 23.2 Å². The summed E-state index contributed by atoms with van der Waals surface area (Å²) in [6, 6.07) is -0.483. The molecule has 1 heterocycles. The average molecular weight is 222 g/mol. The maximum absolute atomic E-state index is 11.9. The first kappa shape index (κ1) is 8.55. The van der Waals surface area contributed by atoms with E-state index in [1.165, 1.54) is 0 Å². The highest BCUT2D eigenvalue weighted by Gasteiger charge is 2.90. The third-order valence-electron chi connectivity index (χ3n) is 5.09. The fourth-order valence-corrected chi connectivity index (χ4v) is 4.63. The number of aliphatic carboxylic acids is 1. The number of amides is 3. The van der Waals surface area contributed by atoms with Gasteiger partial charge in [0.15, 0.2) is 0 Å². The zero-order chi connectivity index (χ0) is 11.3. The number of carbonyl (C=O) groups is 3. The largest absolute Gasteiger partial charge is 0.481 e. The van der Waals surface area contributed by atoms with Gasteiger partial charge in [0.1, 0.15) is 5.54 Å². The fourth-order valence-electron chi connectivity index (χ4n) is 4.63. The molecule has 3 amide bonds. The lowest BCUT2D eigenvalue weighted by Crippen LogP contribution is -2.50. The fraction of sp³-hybridized carbons (Fsp3) is 0.700. The monoisotopic (exact) mass is 222 g/mol. The summed E-state index contributed by atoms with van der Waals surface area (Å²) in [6.45, 7) is 0. The number of hydrogen-bond acceptors (Lipinski definition) is 3. The van der Waals surface area contributed by atoms with E-state index in [0.29, 0.717) is 6.42 Å². The van der Waals surface area contributed by atoms with Gasteiger partial charge in [-0.3, -0.25) is 14.9 Å². The van der Waals surface area contributed by atoms with Crippen LogP contribution in [0.25, 0.3) is 0 Å². The molecular formula is C10H10N2O4. The molecule has 5 atom stereocenters. The summed E-state index contributed by atoms with van der Waals surface area (Å²) in [6.07, 6.45) is 1.29. The van der Waals surface area contributed by atoms with Crippen LogP contribution in [0.1, 0.15) is 12.8 Å². The molecule has 5 rings (SSSR count). The van der Waals surface area contributed by atoms with Crippen LogP contribution in [-0.4, -0.2) is 28.6 Å². The van der Waals surface area contributed by atoms with Gasteiger partial charge in [0.25, 0.3) is 5.91 Å². The summed E-state index contributed by atoms with van der Waals surface area (Å²) in [4.78, 5) is 34.4. The maximum Gasteiger partial charge on any atom is 0.322 e. The quantitative estimate of drug-likeness (QED) is 0.511. The van der Waals surface area contributed by atoms with Crippen molar-refractivity contribution in [2.45, 2.75) is 18.4 Å². The van der Waals surface area contributed by atoms with Crippen LogP contribution in [0.5, 0.6) is 0 Å². The van der Waals surface area contributed by atoms with Crippen LogP contribution in [0.3, 0.4) is 0 Å². The van der Waals surface area contributed by atoms with Crippen molar-refractivity contribution >= 4 is 17.9 Å². The lowest BCUT2D eigenvalue weighted by atomic mass is 9.88. The Morgan fingerprint density at radius 3 is 2.62 bits per heavy atom. The van der Waals surface area contributed by atoms with Gasteiger partial charge in [-0.2, -0.15) is 0 Å². The molecule has 5 aliphatic rings.